The summed E-state index contributed by atoms with van der Waals surface area (Å²) in [5.41, 5.74) is 1.38. The molecule has 2 aromatic carbocycles. The fourth-order valence-corrected chi connectivity index (χ4v) is 3.74. The van der Waals surface area contributed by atoms with Gasteiger partial charge in [-0.3, -0.25) is 4.79 Å². The second-order valence-corrected chi connectivity index (χ2v) is 7.38. The van der Waals surface area contributed by atoms with Crippen molar-refractivity contribution in [1.29, 1.82) is 0 Å². The van der Waals surface area contributed by atoms with Crippen LogP contribution in [0.15, 0.2) is 47.0 Å². The molecule has 1 fully saturated rings. The van der Waals surface area contributed by atoms with Crippen LogP contribution >= 0.6 is 0 Å². The number of methoxy groups -OCH3 is 3. The highest BCUT2D eigenvalue weighted by Gasteiger charge is 2.29. The summed E-state index contributed by atoms with van der Waals surface area (Å²) in [4.78, 5) is 19.5. The number of nitrogens with zero attached hydrogens (tertiary/aromatic N) is 3. The SMILES string of the molecule is COc1ccc(-c2noc(C3CCCN(C(=O)c4cc(OC)cc(OC)c4)C3)n2)cc1. The standard InChI is InChI=1S/C23H25N3O5/c1-28-18-8-6-15(7-9-18)21-24-22(31-25-21)16-5-4-10-26(14-16)23(27)17-11-19(29-2)13-20(12-17)30-3/h6-9,11-13,16H,4-5,10,14H2,1-3H3. The highest BCUT2D eigenvalue weighted by atomic mass is 16.5. The molecule has 0 saturated carbocycles. The number of piperidine rings is 1. The molecule has 3 aromatic rings. The monoisotopic (exact) mass is 423 g/mol. The Kier molecular flexibility index (Phi) is 6.06. The van der Waals surface area contributed by atoms with Gasteiger partial charge >= 0.3 is 0 Å². The van der Waals surface area contributed by atoms with Crippen LogP contribution in [0.25, 0.3) is 11.4 Å². The minimum absolute atomic E-state index is 0.00954. The molecule has 0 spiro atoms. The van der Waals surface area contributed by atoms with Gasteiger partial charge in [-0.2, -0.15) is 4.98 Å². The van der Waals surface area contributed by atoms with Crippen LogP contribution in [0.2, 0.25) is 0 Å². The first-order valence-electron chi connectivity index (χ1n) is 10.1. The quantitative estimate of drug-likeness (QED) is 0.596. The van der Waals surface area contributed by atoms with Crippen LogP contribution in [0.5, 0.6) is 17.2 Å². The number of amides is 1. The van der Waals surface area contributed by atoms with Crippen LogP contribution in [-0.4, -0.2) is 55.4 Å². The van der Waals surface area contributed by atoms with Gasteiger partial charge in [0.25, 0.3) is 5.91 Å². The third kappa shape index (κ3) is 4.47. The van der Waals surface area contributed by atoms with Crippen molar-refractivity contribution >= 4 is 5.91 Å². The molecular weight excluding hydrogens is 398 g/mol. The number of rotatable bonds is 6. The van der Waals surface area contributed by atoms with E-state index in [0.717, 1.165) is 24.2 Å². The first kappa shape index (κ1) is 20.7. The zero-order valence-electron chi connectivity index (χ0n) is 17.8. The molecule has 0 bridgehead atoms. The molecule has 0 radical (unpaired) electrons. The Morgan fingerprint density at radius 1 is 1.00 bits per heavy atom. The average molecular weight is 423 g/mol. The fourth-order valence-electron chi connectivity index (χ4n) is 3.74. The molecule has 0 N–H and O–H groups in total. The Hall–Kier alpha value is -3.55. The highest BCUT2D eigenvalue weighted by molar-refractivity contribution is 5.95. The van der Waals surface area contributed by atoms with E-state index < -0.39 is 0 Å². The largest absolute Gasteiger partial charge is 0.497 e. The summed E-state index contributed by atoms with van der Waals surface area (Å²) in [6.07, 6.45) is 1.74. The Labute approximate surface area is 180 Å². The minimum atomic E-state index is -0.0724. The van der Waals surface area contributed by atoms with Crippen molar-refractivity contribution in [3.8, 4) is 28.6 Å². The Morgan fingerprint density at radius 2 is 1.68 bits per heavy atom. The lowest BCUT2D eigenvalue weighted by atomic mass is 9.97. The van der Waals surface area contributed by atoms with Gasteiger partial charge in [-0.15, -0.1) is 0 Å². The fraction of sp³-hybridized carbons (Fsp3) is 0.348. The molecule has 8 heteroatoms. The topological polar surface area (TPSA) is 86.9 Å². The average Bonchev–Trinajstić information content (AvgIpc) is 3.33. The van der Waals surface area contributed by atoms with Gasteiger partial charge in [-0.1, -0.05) is 5.16 Å². The molecule has 162 valence electrons. The van der Waals surface area contributed by atoms with Crippen LogP contribution in [0.1, 0.15) is 35.0 Å². The summed E-state index contributed by atoms with van der Waals surface area (Å²) in [5.74, 6) is 2.92. The number of likely N-dealkylation sites (tertiary alicyclic amines) is 1. The van der Waals surface area contributed by atoms with Crippen LogP contribution < -0.4 is 14.2 Å². The zero-order chi connectivity index (χ0) is 21.8. The van der Waals surface area contributed by atoms with Crippen molar-refractivity contribution < 1.29 is 23.5 Å². The number of carbonyl (C=O) groups excluding carboxylic acids is 1. The molecule has 8 nitrogen and oxygen atoms in total. The summed E-state index contributed by atoms with van der Waals surface area (Å²) in [6.45, 7) is 1.19. The van der Waals surface area contributed by atoms with Gasteiger partial charge in [0.05, 0.1) is 27.2 Å². The second-order valence-electron chi connectivity index (χ2n) is 7.38. The number of hydrogen-bond donors (Lipinski definition) is 0. The van der Waals surface area contributed by atoms with E-state index in [4.69, 9.17) is 18.7 Å². The summed E-state index contributed by atoms with van der Waals surface area (Å²) in [7, 11) is 4.76. The molecule has 2 heterocycles. The van der Waals surface area contributed by atoms with Crippen molar-refractivity contribution in [2.75, 3.05) is 34.4 Å². The lowest BCUT2D eigenvalue weighted by molar-refractivity contribution is 0.0695. The number of carbonyl (C=O) groups is 1. The molecule has 1 aliphatic heterocycles. The van der Waals surface area contributed by atoms with E-state index in [1.54, 1.807) is 39.5 Å². The van der Waals surface area contributed by atoms with Crippen LogP contribution in [0, 0.1) is 0 Å². The number of ether oxygens (including phenoxy) is 3. The lowest BCUT2D eigenvalue weighted by Gasteiger charge is -2.31. The Balaban J connectivity index is 1.50. The van der Waals surface area contributed by atoms with E-state index in [0.29, 0.717) is 41.9 Å². The van der Waals surface area contributed by atoms with Crippen molar-refractivity contribution in [2.24, 2.45) is 0 Å². The molecule has 1 saturated heterocycles. The Morgan fingerprint density at radius 3 is 2.32 bits per heavy atom. The first-order chi connectivity index (χ1) is 15.1. The molecule has 1 amide bonds. The van der Waals surface area contributed by atoms with E-state index in [2.05, 4.69) is 10.1 Å². The molecule has 1 aliphatic rings. The third-order valence-corrected chi connectivity index (χ3v) is 5.45. The maximum Gasteiger partial charge on any atom is 0.254 e. The Bertz CT molecular complexity index is 1030. The third-order valence-electron chi connectivity index (χ3n) is 5.45. The number of hydrogen-bond acceptors (Lipinski definition) is 7. The minimum Gasteiger partial charge on any atom is -0.497 e. The number of aromatic nitrogens is 2. The summed E-state index contributed by atoms with van der Waals surface area (Å²) < 4.78 is 21.3. The zero-order valence-corrected chi connectivity index (χ0v) is 17.8. The van der Waals surface area contributed by atoms with E-state index in [9.17, 15) is 4.79 Å². The maximum absolute atomic E-state index is 13.1. The van der Waals surface area contributed by atoms with Gasteiger partial charge < -0.3 is 23.6 Å². The summed E-state index contributed by atoms with van der Waals surface area (Å²) >= 11 is 0. The van der Waals surface area contributed by atoms with Gasteiger partial charge in [-0.25, -0.2) is 0 Å². The van der Waals surface area contributed by atoms with Crippen LogP contribution in [-0.2, 0) is 0 Å². The molecule has 1 atom stereocenters. The molecule has 1 unspecified atom stereocenters. The second kappa shape index (κ2) is 9.07. The predicted octanol–water partition coefficient (Wildman–Crippen LogP) is 3.78. The molecule has 0 aliphatic carbocycles. The molecule has 4 rings (SSSR count). The van der Waals surface area contributed by atoms with E-state index in [1.807, 2.05) is 29.2 Å². The molecule has 31 heavy (non-hydrogen) atoms. The van der Waals surface area contributed by atoms with Crippen LogP contribution in [0.3, 0.4) is 0 Å². The van der Waals surface area contributed by atoms with Gasteiger partial charge in [-0.05, 0) is 49.2 Å². The van der Waals surface area contributed by atoms with E-state index in [-0.39, 0.29) is 11.8 Å². The molecule has 1 aromatic heterocycles. The van der Waals surface area contributed by atoms with Crippen molar-refractivity contribution in [3.05, 3.63) is 53.9 Å². The van der Waals surface area contributed by atoms with Gasteiger partial charge in [0.1, 0.15) is 17.2 Å². The van der Waals surface area contributed by atoms with Crippen molar-refractivity contribution in [2.45, 2.75) is 18.8 Å². The first-order valence-corrected chi connectivity index (χ1v) is 10.1. The normalized spacial score (nSPS) is 16.1. The van der Waals surface area contributed by atoms with E-state index >= 15 is 0 Å². The van der Waals surface area contributed by atoms with Gasteiger partial charge in [0.15, 0.2) is 0 Å². The van der Waals surface area contributed by atoms with E-state index in [1.165, 1.54) is 0 Å². The van der Waals surface area contributed by atoms with Crippen molar-refractivity contribution in [3.63, 3.8) is 0 Å². The highest BCUT2D eigenvalue weighted by Crippen LogP contribution is 2.30. The summed E-state index contributed by atoms with van der Waals surface area (Å²) in [5, 5.41) is 4.13. The number of benzene rings is 2. The maximum atomic E-state index is 13.1. The van der Waals surface area contributed by atoms with Crippen molar-refractivity contribution in [1.82, 2.24) is 15.0 Å². The smallest absolute Gasteiger partial charge is 0.254 e. The molecular formula is C23H25N3O5. The van der Waals surface area contributed by atoms with Gasteiger partial charge in [0, 0.05) is 30.3 Å². The lowest BCUT2D eigenvalue weighted by Crippen LogP contribution is -2.39. The van der Waals surface area contributed by atoms with Gasteiger partial charge in [0.2, 0.25) is 11.7 Å². The van der Waals surface area contributed by atoms with Crippen LogP contribution in [0.4, 0.5) is 0 Å². The predicted molar refractivity (Wildman–Crippen MR) is 114 cm³/mol. The summed E-state index contributed by atoms with van der Waals surface area (Å²) in [6, 6.07) is 12.7.